The van der Waals surface area contributed by atoms with Crippen LogP contribution in [-0.4, -0.2) is 30.5 Å². The third-order valence-electron chi connectivity index (χ3n) is 4.08. The molecule has 28 heavy (non-hydrogen) atoms. The number of benzene rings is 2. The van der Waals surface area contributed by atoms with Gasteiger partial charge in [0.15, 0.2) is 17.2 Å². The van der Waals surface area contributed by atoms with Gasteiger partial charge in [0.2, 0.25) is 5.90 Å². The molecule has 1 heterocycles. The molecule has 0 saturated carbocycles. The van der Waals surface area contributed by atoms with Crippen molar-refractivity contribution in [2.24, 2.45) is 4.99 Å². The maximum absolute atomic E-state index is 12.3. The number of nitrogens with zero attached hydrogens (tertiary/aromatic N) is 2. The molecule has 1 aliphatic heterocycles. The van der Waals surface area contributed by atoms with Gasteiger partial charge in [-0.1, -0.05) is 18.2 Å². The van der Waals surface area contributed by atoms with Crippen LogP contribution in [0.25, 0.3) is 6.08 Å². The predicted molar refractivity (Wildman–Crippen MR) is 103 cm³/mol. The molecule has 2 aromatic rings. The summed E-state index contributed by atoms with van der Waals surface area (Å²) in [7, 11) is 1.53. The SMILES string of the molecule is CCOc1c(/C=C2\N=C(c3ccc(C)c([N+](=O)[O-])c3)OC2=O)cccc1OC. The van der Waals surface area contributed by atoms with E-state index < -0.39 is 10.9 Å². The monoisotopic (exact) mass is 382 g/mol. The first-order valence-electron chi connectivity index (χ1n) is 8.52. The first kappa shape index (κ1) is 19.1. The van der Waals surface area contributed by atoms with Gasteiger partial charge in [0.25, 0.3) is 5.69 Å². The van der Waals surface area contributed by atoms with Crippen molar-refractivity contribution in [3.63, 3.8) is 0 Å². The minimum absolute atomic E-state index is 0.0141. The molecule has 3 rings (SSSR count). The molecule has 144 valence electrons. The maximum atomic E-state index is 12.3. The fraction of sp³-hybridized carbons (Fsp3) is 0.200. The number of cyclic esters (lactones) is 1. The fourth-order valence-electron chi connectivity index (χ4n) is 2.73. The molecule has 0 fully saturated rings. The van der Waals surface area contributed by atoms with E-state index in [4.69, 9.17) is 14.2 Å². The Morgan fingerprint density at radius 2 is 2.07 bits per heavy atom. The van der Waals surface area contributed by atoms with Crippen LogP contribution in [-0.2, 0) is 9.53 Å². The van der Waals surface area contributed by atoms with E-state index in [2.05, 4.69) is 4.99 Å². The predicted octanol–water partition coefficient (Wildman–Crippen LogP) is 3.66. The summed E-state index contributed by atoms with van der Waals surface area (Å²) in [5, 5.41) is 11.1. The van der Waals surface area contributed by atoms with E-state index in [0.717, 1.165) is 0 Å². The molecule has 0 aliphatic carbocycles. The number of para-hydroxylation sites is 1. The second-order valence-corrected chi connectivity index (χ2v) is 5.91. The minimum Gasteiger partial charge on any atom is -0.493 e. The molecule has 0 saturated heterocycles. The third kappa shape index (κ3) is 3.71. The zero-order valence-corrected chi connectivity index (χ0v) is 15.6. The van der Waals surface area contributed by atoms with Gasteiger partial charge >= 0.3 is 5.97 Å². The van der Waals surface area contributed by atoms with Crippen LogP contribution in [0.15, 0.2) is 47.1 Å². The van der Waals surface area contributed by atoms with Gasteiger partial charge in [-0.15, -0.1) is 0 Å². The van der Waals surface area contributed by atoms with Crippen molar-refractivity contribution >= 4 is 23.6 Å². The molecule has 8 nitrogen and oxygen atoms in total. The number of ether oxygens (including phenoxy) is 3. The van der Waals surface area contributed by atoms with Gasteiger partial charge in [-0.25, -0.2) is 9.79 Å². The van der Waals surface area contributed by atoms with Gasteiger partial charge in [-0.05, 0) is 32.1 Å². The van der Waals surface area contributed by atoms with Gasteiger partial charge in [0.1, 0.15) is 0 Å². The quantitative estimate of drug-likeness (QED) is 0.327. The zero-order chi connectivity index (χ0) is 20.3. The second kappa shape index (κ2) is 7.91. The normalized spacial score (nSPS) is 14.6. The largest absolute Gasteiger partial charge is 0.493 e. The van der Waals surface area contributed by atoms with Crippen LogP contribution in [0.2, 0.25) is 0 Å². The molecule has 0 bridgehead atoms. The van der Waals surface area contributed by atoms with Crippen LogP contribution in [0.4, 0.5) is 5.69 Å². The first-order valence-corrected chi connectivity index (χ1v) is 8.52. The van der Waals surface area contributed by atoms with Crippen molar-refractivity contribution in [2.45, 2.75) is 13.8 Å². The van der Waals surface area contributed by atoms with Gasteiger partial charge in [0.05, 0.1) is 18.6 Å². The van der Waals surface area contributed by atoms with E-state index in [1.54, 1.807) is 37.3 Å². The Hall–Kier alpha value is -3.68. The highest BCUT2D eigenvalue weighted by molar-refractivity contribution is 6.13. The smallest absolute Gasteiger partial charge is 0.363 e. The van der Waals surface area contributed by atoms with Crippen molar-refractivity contribution in [3.05, 3.63) is 68.9 Å². The van der Waals surface area contributed by atoms with E-state index in [1.165, 1.54) is 19.3 Å². The number of nitro groups is 1. The number of methoxy groups -OCH3 is 1. The van der Waals surface area contributed by atoms with Crippen LogP contribution >= 0.6 is 0 Å². The number of hydrogen-bond acceptors (Lipinski definition) is 7. The topological polar surface area (TPSA) is 100 Å². The van der Waals surface area contributed by atoms with Crippen LogP contribution in [0, 0.1) is 17.0 Å². The van der Waals surface area contributed by atoms with Gasteiger partial charge in [-0.3, -0.25) is 10.1 Å². The number of esters is 1. The molecule has 0 unspecified atom stereocenters. The molecule has 8 heteroatoms. The highest BCUT2D eigenvalue weighted by atomic mass is 16.6. The summed E-state index contributed by atoms with van der Waals surface area (Å²) >= 11 is 0. The molecule has 0 spiro atoms. The Morgan fingerprint density at radius 3 is 2.75 bits per heavy atom. The number of aryl methyl sites for hydroxylation is 1. The van der Waals surface area contributed by atoms with E-state index in [9.17, 15) is 14.9 Å². The van der Waals surface area contributed by atoms with Crippen molar-refractivity contribution in [2.75, 3.05) is 13.7 Å². The molecule has 2 aromatic carbocycles. The third-order valence-corrected chi connectivity index (χ3v) is 4.08. The highest BCUT2D eigenvalue weighted by Crippen LogP contribution is 2.33. The Balaban J connectivity index is 2.01. The van der Waals surface area contributed by atoms with E-state index in [1.807, 2.05) is 6.92 Å². The molecule has 1 aliphatic rings. The number of carbonyl (C=O) groups excluding carboxylic acids is 1. The van der Waals surface area contributed by atoms with E-state index in [0.29, 0.717) is 34.8 Å². The molecule has 0 aromatic heterocycles. The molecule has 0 amide bonds. The number of hydrogen-bond donors (Lipinski definition) is 0. The lowest BCUT2D eigenvalue weighted by Gasteiger charge is -2.11. The van der Waals surface area contributed by atoms with E-state index >= 15 is 0 Å². The molecular weight excluding hydrogens is 364 g/mol. The summed E-state index contributed by atoms with van der Waals surface area (Å²) in [5.74, 6) is 0.382. The summed E-state index contributed by atoms with van der Waals surface area (Å²) in [6, 6.07) is 9.82. The lowest BCUT2D eigenvalue weighted by Crippen LogP contribution is -2.06. The summed E-state index contributed by atoms with van der Waals surface area (Å²) in [4.78, 5) is 27.1. The Bertz CT molecular complexity index is 1010. The molecule has 0 atom stereocenters. The minimum atomic E-state index is -0.650. The average molecular weight is 382 g/mol. The Kier molecular flexibility index (Phi) is 5.39. The van der Waals surface area contributed by atoms with Gasteiger partial charge < -0.3 is 14.2 Å². The lowest BCUT2D eigenvalue weighted by atomic mass is 10.1. The molecule has 0 radical (unpaired) electrons. The Labute approximate surface area is 161 Å². The maximum Gasteiger partial charge on any atom is 0.363 e. The average Bonchev–Trinajstić information content (AvgIpc) is 3.03. The highest BCUT2D eigenvalue weighted by Gasteiger charge is 2.26. The Morgan fingerprint density at radius 1 is 1.29 bits per heavy atom. The second-order valence-electron chi connectivity index (χ2n) is 5.91. The van der Waals surface area contributed by atoms with Crippen molar-refractivity contribution in [1.82, 2.24) is 0 Å². The summed E-state index contributed by atoms with van der Waals surface area (Å²) < 4.78 is 16.1. The van der Waals surface area contributed by atoms with Crippen molar-refractivity contribution in [1.29, 1.82) is 0 Å². The van der Waals surface area contributed by atoms with Crippen LogP contribution in [0.5, 0.6) is 11.5 Å². The number of carbonyl (C=O) groups is 1. The molecular formula is C20H18N2O6. The lowest BCUT2D eigenvalue weighted by molar-refractivity contribution is -0.385. The van der Waals surface area contributed by atoms with Gasteiger partial charge in [0, 0.05) is 22.8 Å². The number of nitro benzene ring substituents is 1. The first-order chi connectivity index (χ1) is 13.4. The van der Waals surface area contributed by atoms with Crippen molar-refractivity contribution < 1.29 is 23.9 Å². The summed E-state index contributed by atoms with van der Waals surface area (Å²) in [6.07, 6.45) is 1.53. The molecule has 0 N–H and O–H groups in total. The summed E-state index contributed by atoms with van der Waals surface area (Å²) in [5.41, 5.74) is 1.46. The number of aliphatic imine (C=N–C) groups is 1. The standard InChI is InChI=1S/C20H18N2O6/c1-4-27-18-13(6-5-7-17(18)26-3)10-15-20(23)28-19(21-15)14-9-8-12(2)16(11-14)22(24)25/h5-11H,4H2,1-3H3/b15-10-. The van der Waals surface area contributed by atoms with E-state index in [-0.39, 0.29) is 17.3 Å². The summed E-state index contributed by atoms with van der Waals surface area (Å²) in [6.45, 7) is 3.89. The zero-order valence-electron chi connectivity index (χ0n) is 15.6. The fourth-order valence-corrected chi connectivity index (χ4v) is 2.73. The van der Waals surface area contributed by atoms with Crippen LogP contribution in [0.1, 0.15) is 23.6 Å². The van der Waals surface area contributed by atoms with Crippen LogP contribution in [0.3, 0.4) is 0 Å². The van der Waals surface area contributed by atoms with Gasteiger partial charge in [-0.2, -0.15) is 0 Å². The number of rotatable bonds is 6. The van der Waals surface area contributed by atoms with Crippen LogP contribution < -0.4 is 9.47 Å². The van der Waals surface area contributed by atoms with Crippen molar-refractivity contribution in [3.8, 4) is 11.5 Å².